The molecule has 0 spiro atoms. The van der Waals surface area contributed by atoms with Crippen molar-refractivity contribution in [1.82, 2.24) is 14.8 Å². The number of hydrogen-bond donors (Lipinski definition) is 1. The molecule has 1 aromatic carbocycles. The van der Waals surface area contributed by atoms with Gasteiger partial charge in [0.05, 0.1) is 37.5 Å². The SMILES string of the molecule is COc1cc(NC(=O)CSc2nnc(-c3cccs3)n2CC2CCCO2)cc(OC)c1. The molecule has 1 unspecified atom stereocenters. The summed E-state index contributed by atoms with van der Waals surface area (Å²) in [5.74, 6) is 2.09. The molecular weight excluding hydrogens is 436 g/mol. The lowest BCUT2D eigenvalue weighted by Crippen LogP contribution is -2.18. The van der Waals surface area contributed by atoms with Crippen LogP contribution in [0, 0.1) is 0 Å². The molecule has 1 aliphatic heterocycles. The highest BCUT2D eigenvalue weighted by Gasteiger charge is 2.22. The average molecular weight is 461 g/mol. The van der Waals surface area contributed by atoms with Crippen LogP contribution in [-0.4, -0.2) is 53.4 Å². The van der Waals surface area contributed by atoms with Crippen LogP contribution >= 0.6 is 23.1 Å². The van der Waals surface area contributed by atoms with Gasteiger partial charge in [-0.15, -0.1) is 21.5 Å². The molecule has 1 atom stereocenters. The van der Waals surface area contributed by atoms with Crippen LogP contribution in [0.2, 0.25) is 0 Å². The van der Waals surface area contributed by atoms with Crippen LogP contribution in [0.5, 0.6) is 11.5 Å². The maximum absolute atomic E-state index is 12.6. The first kappa shape index (κ1) is 21.7. The van der Waals surface area contributed by atoms with Crippen molar-refractivity contribution in [2.24, 2.45) is 0 Å². The number of nitrogens with zero attached hydrogens (tertiary/aromatic N) is 3. The number of benzene rings is 1. The highest BCUT2D eigenvalue weighted by Crippen LogP contribution is 2.30. The number of aromatic nitrogens is 3. The molecule has 10 heteroatoms. The quantitative estimate of drug-likeness (QED) is 0.484. The number of carbonyl (C=O) groups is 1. The van der Waals surface area contributed by atoms with Gasteiger partial charge in [-0.25, -0.2) is 0 Å². The summed E-state index contributed by atoms with van der Waals surface area (Å²) in [6, 6.07) is 9.27. The molecule has 3 heterocycles. The lowest BCUT2D eigenvalue weighted by atomic mass is 10.2. The van der Waals surface area contributed by atoms with E-state index >= 15 is 0 Å². The fourth-order valence-corrected chi connectivity index (χ4v) is 4.81. The second-order valence-corrected chi connectivity index (χ2v) is 8.86. The summed E-state index contributed by atoms with van der Waals surface area (Å²) >= 11 is 2.98. The van der Waals surface area contributed by atoms with E-state index in [1.165, 1.54) is 11.8 Å². The van der Waals surface area contributed by atoms with Gasteiger partial charge in [-0.3, -0.25) is 9.36 Å². The molecule has 1 amide bonds. The van der Waals surface area contributed by atoms with Crippen molar-refractivity contribution in [3.05, 3.63) is 35.7 Å². The Hall–Kier alpha value is -2.56. The summed E-state index contributed by atoms with van der Waals surface area (Å²) in [4.78, 5) is 13.6. The van der Waals surface area contributed by atoms with Gasteiger partial charge in [0.15, 0.2) is 11.0 Å². The number of ether oxygens (including phenoxy) is 3. The van der Waals surface area contributed by atoms with Gasteiger partial charge in [0.2, 0.25) is 5.91 Å². The fourth-order valence-electron chi connectivity index (χ4n) is 3.35. The molecule has 8 nitrogen and oxygen atoms in total. The maximum Gasteiger partial charge on any atom is 0.234 e. The van der Waals surface area contributed by atoms with E-state index < -0.39 is 0 Å². The molecule has 0 bridgehead atoms. The van der Waals surface area contributed by atoms with Crippen molar-refractivity contribution in [1.29, 1.82) is 0 Å². The predicted octanol–water partition coefficient (Wildman–Crippen LogP) is 3.93. The summed E-state index contributed by atoms with van der Waals surface area (Å²) < 4.78 is 18.4. The van der Waals surface area contributed by atoms with Crippen LogP contribution in [0.4, 0.5) is 5.69 Å². The second kappa shape index (κ2) is 10.2. The van der Waals surface area contributed by atoms with E-state index in [-0.39, 0.29) is 17.8 Å². The molecule has 0 radical (unpaired) electrons. The van der Waals surface area contributed by atoms with Gasteiger partial charge in [0.25, 0.3) is 0 Å². The average Bonchev–Trinajstić information content (AvgIpc) is 3.54. The van der Waals surface area contributed by atoms with Gasteiger partial charge in [-0.05, 0) is 24.3 Å². The molecule has 3 aromatic rings. The minimum atomic E-state index is -0.148. The van der Waals surface area contributed by atoms with Crippen molar-refractivity contribution in [3.63, 3.8) is 0 Å². The molecule has 1 N–H and O–H groups in total. The van der Waals surface area contributed by atoms with Crippen molar-refractivity contribution >= 4 is 34.7 Å². The summed E-state index contributed by atoms with van der Waals surface area (Å²) in [5, 5.41) is 14.4. The highest BCUT2D eigenvalue weighted by atomic mass is 32.2. The lowest BCUT2D eigenvalue weighted by Gasteiger charge is -2.14. The normalized spacial score (nSPS) is 15.7. The van der Waals surface area contributed by atoms with Crippen molar-refractivity contribution < 1.29 is 19.0 Å². The Morgan fingerprint density at radius 1 is 1.29 bits per heavy atom. The zero-order chi connectivity index (χ0) is 21.6. The second-order valence-electron chi connectivity index (χ2n) is 6.97. The summed E-state index contributed by atoms with van der Waals surface area (Å²) in [6.45, 7) is 1.47. The van der Waals surface area contributed by atoms with Crippen LogP contribution in [0.15, 0.2) is 40.9 Å². The number of thioether (sulfide) groups is 1. The van der Waals surface area contributed by atoms with E-state index in [4.69, 9.17) is 14.2 Å². The summed E-state index contributed by atoms with van der Waals surface area (Å²) in [5.41, 5.74) is 0.613. The number of amides is 1. The van der Waals surface area contributed by atoms with Crippen molar-refractivity contribution in [2.75, 3.05) is 31.9 Å². The standard InChI is InChI=1S/C21H24N4O4S2/c1-27-16-9-14(10-17(11-16)28-2)22-19(26)13-31-21-24-23-20(18-6-4-8-30-18)25(21)12-15-5-3-7-29-15/h4,6,8-11,15H,3,5,7,12-13H2,1-2H3,(H,22,26). The lowest BCUT2D eigenvalue weighted by molar-refractivity contribution is -0.113. The summed E-state index contributed by atoms with van der Waals surface area (Å²) in [7, 11) is 3.14. The van der Waals surface area contributed by atoms with E-state index in [2.05, 4.69) is 20.1 Å². The molecule has 1 saturated heterocycles. The van der Waals surface area contributed by atoms with Gasteiger partial charge >= 0.3 is 0 Å². The Balaban J connectivity index is 1.46. The number of nitrogens with one attached hydrogen (secondary N) is 1. The van der Waals surface area contributed by atoms with Crippen LogP contribution in [0.25, 0.3) is 10.7 Å². The van der Waals surface area contributed by atoms with Crippen LogP contribution in [-0.2, 0) is 16.1 Å². The van der Waals surface area contributed by atoms with E-state index in [9.17, 15) is 4.79 Å². The molecule has 0 saturated carbocycles. The third-order valence-corrected chi connectivity index (χ3v) is 6.67. The fraction of sp³-hybridized carbons (Fsp3) is 0.381. The number of methoxy groups -OCH3 is 2. The first-order valence-electron chi connectivity index (χ1n) is 9.90. The molecule has 1 aliphatic rings. The molecular formula is C21H24N4O4S2. The third kappa shape index (κ3) is 5.38. The van der Waals surface area contributed by atoms with E-state index in [1.807, 2.05) is 17.5 Å². The zero-order valence-electron chi connectivity index (χ0n) is 17.4. The van der Waals surface area contributed by atoms with Gasteiger partial charge in [0, 0.05) is 30.5 Å². The first-order chi connectivity index (χ1) is 15.2. The van der Waals surface area contributed by atoms with Crippen LogP contribution < -0.4 is 14.8 Å². The Labute approximate surface area is 188 Å². The van der Waals surface area contributed by atoms with Gasteiger partial charge < -0.3 is 19.5 Å². The third-order valence-electron chi connectivity index (χ3n) is 4.84. The Morgan fingerprint density at radius 3 is 2.74 bits per heavy atom. The number of thiophene rings is 1. The Morgan fingerprint density at radius 2 is 2.10 bits per heavy atom. The van der Waals surface area contributed by atoms with Crippen molar-refractivity contribution in [2.45, 2.75) is 30.6 Å². The van der Waals surface area contributed by atoms with E-state index in [0.29, 0.717) is 28.9 Å². The topological polar surface area (TPSA) is 87.5 Å². The van der Waals surface area contributed by atoms with Crippen LogP contribution in [0.1, 0.15) is 12.8 Å². The zero-order valence-corrected chi connectivity index (χ0v) is 19.0. The molecule has 0 aliphatic carbocycles. The molecule has 1 fully saturated rings. The van der Waals surface area contributed by atoms with Gasteiger partial charge in [-0.1, -0.05) is 17.8 Å². The Kier molecular flexibility index (Phi) is 7.10. The minimum Gasteiger partial charge on any atom is -0.497 e. The monoisotopic (exact) mass is 460 g/mol. The van der Waals surface area contributed by atoms with Crippen molar-refractivity contribution in [3.8, 4) is 22.2 Å². The maximum atomic E-state index is 12.6. The highest BCUT2D eigenvalue weighted by molar-refractivity contribution is 7.99. The molecule has 4 rings (SSSR count). The Bertz CT molecular complexity index is 994. The first-order valence-corrected chi connectivity index (χ1v) is 11.8. The smallest absolute Gasteiger partial charge is 0.234 e. The van der Waals surface area contributed by atoms with Gasteiger partial charge in [-0.2, -0.15) is 0 Å². The summed E-state index contributed by atoms with van der Waals surface area (Å²) in [6.07, 6.45) is 2.23. The molecule has 2 aromatic heterocycles. The number of carbonyl (C=O) groups excluding carboxylic acids is 1. The molecule has 164 valence electrons. The number of anilines is 1. The van der Waals surface area contributed by atoms with Gasteiger partial charge in [0.1, 0.15) is 11.5 Å². The minimum absolute atomic E-state index is 0.145. The molecule has 31 heavy (non-hydrogen) atoms. The van der Waals surface area contributed by atoms with E-state index in [0.717, 1.165) is 30.2 Å². The van der Waals surface area contributed by atoms with Crippen LogP contribution in [0.3, 0.4) is 0 Å². The van der Waals surface area contributed by atoms with E-state index in [1.54, 1.807) is 43.8 Å². The number of rotatable bonds is 9. The predicted molar refractivity (Wildman–Crippen MR) is 121 cm³/mol. The number of hydrogen-bond acceptors (Lipinski definition) is 8. The largest absolute Gasteiger partial charge is 0.497 e.